The zero-order valence-electron chi connectivity index (χ0n) is 42.4. The van der Waals surface area contributed by atoms with Crippen LogP contribution in [0.2, 0.25) is 43.8 Å². The molecule has 1 N–H and O–H groups in total. The fraction of sp³-hybridized carbons (Fsp3) is 0.880. The number of aliphatic hydroxyl groups is 1. The predicted octanol–water partition coefficient (Wildman–Crippen LogP) is 12.7. The lowest BCUT2D eigenvalue weighted by Crippen LogP contribution is -2.49. The number of benzene rings is 1. The molecule has 3 fully saturated rings. The second kappa shape index (κ2) is 24.5. The molecular formula is C50H92O9S2Si2. The number of hydrogen-bond acceptors (Lipinski definition) is 11. The van der Waals surface area contributed by atoms with Gasteiger partial charge >= 0.3 is 0 Å². The molecule has 1 aromatic rings. The molecule has 9 nitrogen and oxygen atoms in total. The van der Waals surface area contributed by atoms with Crippen molar-refractivity contribution in [2.45, 2.75) is 236 Å². The van der Waals surface area contributed by atoms with Gasteiger partial charge in [-0.3, -0.25) is 0 Å². The zero-order chi connectivity index (χ0) is 46.7. The molecule has 3 saturated heterocycles. The van der Waals surface area contributed by atoms with Crippen LogP contribution in [0.4, 0.5) is 0 Å². The molecule has 8 atom stereocenters. The lowest BCUT2D eigenvalue weighted by atomic mass is 9.89. The van der Waals surface area contributed by atoms with Crippen molar-refractivity contribution in [3.8, 4) is 0 Å². The first-order valence-corrected chi connectivity index (χ1v) is 33.0. The Kier molecular flexibility index (Phi) is 21.6. The van der Waals surface area contributed by atoms with E-state index in [-0.39, 0.29) is 45.7 Å². The first kappa shape index (κ1) is 55.6. The van der Waals surface area contributed by atoms with Crippen LogP contribution in [0.1, 0.15) is 133 Å². The van der Waals surface area contributed by atoms with Gasteiger partial charge in [0.15, 0.2) is 19.9 Å². The Bertz CT molecular complexity index is 1450. The van der Waals surface area contributed by atoms with E-state index in [1.807, 2.05) is 55.6 Å². The van der Waals surface area contributed by atoms with Gasteiger partial charge < -0.3 is 42.7 Å². The van der Waals surface area contributed by atoms with Crippen molar-refractivity contribution in [2.75, 3.05) is 31.5 Å². The van der Waals surface area contributed by atoms with Gasteiger partial charge in [0.2, 0.25) is 0 Å². The maximum Gasteiger partial charge on any atom is 0.192 e. The fourth-order valence-electron chi connectivity index (χ4n) is 9.05. The molecule has 3 aliphatic rings. The van der Waals surface area contributed by atoms with Crippen LogP contribution in [0.25, 0.3) is 0 Å². The summed E-state index contributed by atoms with van der Waals surface area (Å²) in [6.45, 7) is 36.0. The highest BCUT2D eigenvalue weighted by Crippen LogP contribution is 2.51. The molecule has 0 bridgehead atoms. The third-order valence-electron chi connectivity index (χ3n) is 13.2. The standard InChI is InChI=1S/C50H92O9S2Si2/c1-37(2)46(59-63(14,15)47(4,5)6)38(3)22-23-41(54-36-52-24-27-62(11,12)13)29-43-30-44(57-48(7,8)56-43)33-50(60-25-19-26-61-50)32-40(51)28-42-31-45(58-49(9,10)55-42)35-53-34-39-20-17-16-18-21-39/h16-18,20-21,37-38,40-46,51H,19,22-36H2,1-15H3/t38-,40-,41+,42+,43+,44+,45+,46-/m0/s1. The quantitative estimate of drug-likeness (QED) is 0.0577. The van der Waals surface area contributed by atoms with Crippen molar-refractivity contribution in [1.29, 1.82) is 0 Å². The van der Waals surface area contributed by atoms with Crippen LogP contribution in [0.5, 0.6) is 0 Å². The predicted molar refractivity (Wildman–Crippen MR) is 269 cm³/mol. The van der Waals surface area contributed by atoms with Crippen molar-refractivity contribution >= 4 is 39.9 Å². The van der Waals surface area contributed by atoms with Crippen LogP contribution in [-0.4, -0.2) is 111 Å². The molecule has 0 saturated carbocycles. The molecule has 0 amide bonds. The minimum Gasteiger partial charge on any atom is -0.413 e. The molecule has 1 aromatic carbocycles. The minimum absolute atomic E-state index is 0.00920. The van der Waals surface area contributed by atoms with Crippen LogP contribution < -0.4 is 0 Å². The third kappa shape index (κ3) is 19.9. The highest BCUT2D eigenvalue weighted by molar-refractivity contribution is 8.18. The monoisotopic (exact) mass is 957 g/mol. The summed E-state index contributed by atoms with van der Waals surface area (Å²) in [4.78, 5) is 0. The van der Waals surface area contributed by atoms with Gasteiger partial charge in [0.1, 0.15) is 6.79 Å². The molecular weight excluding hydrogens is 865 g/mol. The summed E-state index contributed by atoms with van der Waals surface area (Å²) in [7, 11) is -3.15. The molecule has 63 heavy (non-hydrogen) atoms. The number of ether oxygens (including phenoxy) is 7. The lowest BCUT2D eigenvalue weighted by Gasteiger charge is -2.46. The maximum atomic E-state index is 11.9. The molecule has 366 valence electrons. The summed E-state index contributed by atoms with van der Waals surface area (Å²) in [5, 5.41) is 12.0. The molecule has 0 aromatic heterocycles. The van der Waals surface area contributed by atoms with Crippen molar-refractivity contribution in [3.05, 3.63) is 35.9 Å². The fourth-order valence-corrected chi connectivity index (χ4v) is 14.9. The van der Waals surface area contributed by atoms with E-state index >= 15 is 0 Å². The SMILES string of the molecule is CC(C)[C@H](O[Si](C)(C)C(C)(C)C)[C@@H](C)CC[C@H](C[C@@H]1C[C@H](CC2(C[C@@H](O)C[C@@H]3C[C@H](COCc4ccccc4)OC(C)(C)O3)SCCCS2)OC(C)(C)O1)OCOCC[Si](C)(C)C. The van der Waals surface area contributed by atoms with E-state index in [1.165, 1.54) is 6.42 Å². The maximum absolute atomic E-state index is 11.9. The molecule has 3 aliphatic heterocycles. The Morgan fingerprint density at radius 3 is 1.98 bits per heavy atom. The molecule has 0 aliphatic carbocycles. The summed E-state index contributed by atoms with van der Waals surface area (Å²) in [5.41, 5.74) is 1.14. The van der Waals surface area contributed by atoms with Gasteiger partial charge in [-0.15, -0.1) is 23.5 Å². The molecule has 13 heteroatoms. The van der Waals surface area contributed by atoms with Gasteiger partial charge in [0.25, 0.3) is 0 Å². The smallest absolute Gasteiger partial charge is 0.192 e. The topological polar surface area (TPSA) is 94.1 Å². The van der Waals surface area contributed by atoms with Gasteiger partial charge in [-0.1, -0.05) is 91.5 Å². The zero-order valence-corrected chi connectivity index (χ0v) is 46.1. The Morgan fingerprint density at radius 2 is 1.38 bits per heavy atom. The van der Waals surface area contributed by atoms with Crippen molar-refractivity contribution < 1.29 is 42.7 Å². The van der Waals surface area contributed by atoms with Gasteiger partial charge in [0, 0.05) is 40.0 Å². The second-order valence-electron chi connectivity index (χ2n) is 23.0. The average molecular weight is 958 g/mol. The van der Waals surface area contributed by atoms with E-state index in [0.29, 0.717) is 51.1 Å². The molecule has 4 rings (SSSR count). The van der Waals surface area contributed by atoms with Gasteiger partial charge in [0.05, 0.1) is 53.9 Å². The highest BCUT2D eigenvalue weighted by atomic mass is 32.2. The van der Waals surface area contributed by atoms with Crippen molar-refractivity contribution in [2.24, 2.45) is 11.8 Å². The van der Waals surface area contributed by atoms with Crippen LogP contribution >= 0.6 is 23.5 Å². The summed E-state index contributed by atoms with van der Waals surface area (Å²) in [5.74, 6) is 1.50. The Labute approximate surface area is 395 Å². The van der Waals surface area contributed by atoms with Crippen LogP contribution in [0.15, 0.2) is 30.3 Å². The van der Waals surface area contributed by atoms with Gasteiger partial charge in [-0.25, -0.2) is 0 Å². The molecule has 3 heterocycles. The molecule has 0 radical (unpaired) electrons. The van der Waals surface area contributed by atoms with Gasteiger partial charge in [-0.05, 0) is 119 Å². The summed E-state index contributed by atoms with van der Waals surface area (Å²) in [6, 6.07) is 11.4. The Morgan fingerprint density at radius 1 is 0.794 bits per heavy atom. The Balaban J connectivity index is 1.41. The Hall–Kier alpha value is -0.00623. The number of thioether (sulfide) groups is 2. The van der Waals surface area contributed by atoms with E-state index in [2.05, 4.69) is 100 Å². The van der Waals surface area contributed by atoms with Gasteiger partial charge in [-0.2, -0.15) is 0 Å². The van der Waals surface area contributed by atoms with Crippen LogP contribution in [0.3, 0.4) is 0 Å². The highest BCUT2D eigenvalue weighted by Gasteiger charge is 2.46. The van der Waals surface area contributed by atoms with Crippen molar-refractivity contribution in [3.63, 3.8) is 0 Å². The number of hydrogen-bond donors (Lipinski definition) is 1. The van der Waals surface area contributed by atoms with E-state index in [4.69, 9.17) is 37.6 Å². The summed E-state index contributed by atoms with van der Waals surface area (Å²) in [6.07, 6.45) is 6.86. The number of aliphatic hydroxyl groups excluding tert-OH is 1. The van der Waals surface area contributed by atoms with Crippen LogP contribution in [0, 0.1) is 11.8 Å². The normalized spacial score (nSPS) is 26.3. The summed E-state index contributed by atoms with van der Waals surface area (Å²) >= 11 is 4.01. The minimum atomic E-state index is -1.94. The molecule has 0 spiro atoms. The molecule has 0 unspecified atom stereocenters. The first-order chi connectivity index (χ1) is 29.2. The van der Waals surface area contributed by atoms with Crippen LogP contribution in [-0.2, 0) is 44.2 Å². The number of rotatable bonds is 25. The van der Waals surface area contributed by atoms with E-state index < -0.39 is 34.1 Å². The average Bonchev–Trinajstić information content (AvgIpc) is 3.14. The second-order valence-corrected chi connectivity index (χ2v) is 36.6. The third-order valence-corrected chi connectivity index (χ3v) is 22.8. The first-order valence-electron chi connectivity index (χ1n) is 24.4. The van der Waals surface area contributed by atoms with E-state index in [9.17, 15) is 5.11 Å². The van der Waals surface area contributed by atoms with Crippen molar-refractivity contribution in [1.82, 2.24) is 0 Å². The van der Waals surface area contributed by atoms with E-state index in [1.54, 1.807) is 0 Å². The largest absolute Gasteiger partial charge is 0.413 e. The van der Waals surface area contributed by atoms with E-state index in [0.717, 1.165) is 61.8 Å². The summed E-state index contributed by atoms with van der Waals surface area (Å²) < 4.78 is 52.0. The lowest BCUT2D eigenvalue weighted by molar-refractivity contribution is -0.308.